The van der Waals surface area contributed by atoms with Crippen molar-refractivity contribution in [2.24, 2.45) is 0 Å². The maximum atomic E-state index is 12.7. The molecule has 2 nitrogen and oxygen atoms in total. The van der Waals surface area contributed by atoms with Crippen LogP contribution in [0.1, 0.15) is 29.1 Å². The summed E-state index contributed by atoms with van der Waals surface area (Å²) in [6.07, 6.45) is 0. The number of hydrogen-bond donors (Lipinski definition) is 0. The normalized spacial score (nSPS) is 10.8. The van der Waals surface area contributed by atoms with Crippen molar-refractivity contribution >= 4 is 49.1 Å². The number of halogens is 2. The van der Waals surface area contributed by atoms with Crippen molar-refractivity contribution in [3.63, 3.8) is 0 Å². The van der Waals surface area contributed by atoms with Gasteiger partial charge in [-0.1, -0.05) is 37.9 Å². The lowest BCUT2D eigenvalue weighted by Gasteiger charge is -2.26. The largest absolute Gasteiger partial charge is 0.331 e. The van der Waals surface area contributed by atoms with Gasteiger partial charge in [0.2, 0.25) is 0 Å². The zero-order valence-corrected chi connectivity index (χ0v) is 15.3. The predicted molar refractivity (Wildman–Crippen MR) is 91.2 cm³/mol. The molecule has 0 bridgehead atoms. The van der Waals surface area contributed by atoms with Gasteiger partial charge in [-0.05, 0) is 43.5 Å². The quantitative estimate of drug-likeness (QED) is 0.659. The molecule has 0 saturated heterocycles. The minimum absolute atomic E-state index is 0.0513. The molecule has 0 N–H and O–H groups in total. The lowest BCUT2D eigenvalue weighted by molar-refractivity contribution is 0.0692. The first-order chi connectivity index (χ1) is 9.47. The van der Waals surface area contributed by atoms with Crippen LogP contribution in [0.25, 0.3) is 0 Å². The van der Waals surface area contributed by atoms with Crippen molar-refractivity contribution in [2.75, 3.05) is 0 Å². The maximum Gasteiger partial charge on any atom is 0.254 e. The molecule has 2 rings (SSSR count). The van der Waals surface area contributed by atoms with Gasteiger partial charge in [0, 0.05) is 25.4 Å². The number of nitrogens with zero attached hydrogens (tertiary/aromatic N) is 1. The summed E-state index contributed by atoms with van der Waals surface area (Å²) in [6, 6.07) is 9.87. The summed E-state index contributed by atoms with van der Waals surface area (Å²) in [7, 11) is 0. The molecular weight excluding hydrogens is 402 g/mol. The van der Waals surface area contributed by atoms with Gasteiger partial charge in [-0.3, -0.25) is 4.79 Å². The van der Waals surface area contributed by atoms with Gasteiger partial charge in [-0.15, -0.1) is 11.3 Å². The van der Waals surface area contributed by atoms with E-state index < -0.39 is 0 Å². The third-order valence-corrected chi connectivity index (χ3v) is 4.68. The zero-order chi connectivity index (χ0) is 14.7. The number of amides is 1. The molecule has 0 spiro atoms. The van der Waals surface area contributed by atoms with Crippen LogP contribution in [0.4, 0.5) is 0 Å². The van der Waals surface area contributed by atoms with Crippen LogP contribution < -0.4 is 0 Å². The van der Waals surface area contributed by atoms with Crippen LogP contribution in [-0.2, 0) is 6.54 Å². The molecule has 0 aliphatic heterocycles. The van der Waals surface area contributed by atoms with E-state index in [4.69, 9.17) is 0 Å². The second-order valence-corrected chi connectivity index (χ2v) is 7.63. The van der Waals surface area contributed by atoms with Crippen molar-refractivity contribution in [1.82, 2.24) is 4.90 Å². The lowest BCUT2D eigenvalue weighted by Crippen LogP contribution is -2.36. The van der Waals surface area contributed by atoms with Crippen LogP contribution in [-0.4, -0.2) is 16.8 Å². The van der Waals surface area contributed by atoms with Gasteiger partial charge in [0.1, 0.15) is 0 Å². The smallest absolute Gasteiger partial charge is 0.254 e. The average molecular weight is 417 g/mol. The van der Waals surface area contributed by atoms with Crippen molar-refractivity contribution in [3.05, 3.63) is 55.1 Å². The van der Waals surface area contributed by atoms with Crippen LogP contribution in [0.15, 0.2) is 44.7 Å². The summed E-state index contributed by atoms with van der Waals surface area (Å²) < 4.78 is 1.80. The Kier molecular flexibility index (Phi) is 5.41. The summed E-state index contributed by atoms with van der Waals surface area (Å²) >= 11 is 8.53. The molecule has 0 atom stereocenters. The molecule has 0 radical (unpaired) electrons. The van der Waals surface area contributed by atoms with Crippen molar-refractivity contribution in [1.29, 1.82) is 0 Å². The number of hydrogen-bond acceptors (Lipinski definition) is 2. The van der Waals surface area contributed by atoms with Crippen LogP contribution in [0.5, 0.6) is 0 Å². The van der Waals surface area contributed by atoms with Crippen LogP contribution in [0.2, 0.25) is 0 Å². The fraction of sp³-hybridized carbons (Fsp3) is 0.267. The number of thiophene rings is 1. The monoisotopic (exact) mass is 415 g/mol. The molecule has 106 valence electrons. The minimum atomic E-state index is 0.0513. The van der Waals surface area contributed by atoms with Crippen LogP contribution in [0, 0.1) is 0 Å². The molecule has 20 heavy (non-hydrogen) atoms. The summed E-state index contributed by atoms with van der Waals surface area (Å²) in [5, 5.41) is 2.04. The average Bonchev–Trinajstić information content (AvgIpc) is 2.86. The molecule has 1 amide bonds. The molecular formula is C15H15Br2NOS. The third-order valence-electron chi connectivity index (χ3n) is 2.90. The molecule has 0 fully saturated rings. The Morgan fingerprint density at radius 3 is 2.40 bits per heavy atom. The highest BCUT2D eigenvalue weighted by Gasteiger charge is 2.20. The maximum absolute atomic E-state index is 12.7. The first kappa shape index (κ1) is 15.7. The molecule has 1 heterocycles. The summed E-state index contributed by atoms with van der Waals surface area (Å²) in [4.78, 5) is 15.8. The molecule has 2 aromatic rings. The molecule has 5 heteroatoms. The fourth-order valence-corrected chi connectivity index (χ4v) is 3.90. The van der Waals surface area contributed by atoms with E-state index in [0.29, 0.717) is 12.1 Å². The Morgan fingerprint density at radius 1 is 1.25 bits per heavy atom. The predicted octanol–water partition coefficient (Wildman–Crippen LogP) is 5.32. The van der Waals surface area contributed by atoms with Crippen LogP contribution >= 0.6 is 43.2 Å². The Hall–Kier alpha value is -0.650. The zero-order valence-electron chi connectivity index (χ0n) is 11.3. The Morgan fingerprint density at radius 2 is 1.90 bits per heavy atom. The summed E-state index contributed by atoms with van der Waals surface area (Å²) in [6.45, 7) is 4.73. The van der Waals surface area contributed by atoms with Gasteiger partial charge in [-0.2, -0.15) is 0 Å². The van der Waals surface area contributed by atoms with E-state index in [1.807, 2.05) is 48.4 Å². The van der Waals surface area contributed by atoms with E-state index in [-0.39, 0.29) is 11.9 Å². The number of benzene rings is 1. The molecule has 1 aromatic carbocycles. The first-order valence-electron chi connectivity index (χ1n) is 6.27. The van der Waals surface area contributed by atoms with E-state index in [1.54, 1.807) is 11.3 Å². The summed E-state index contributed by atoms with van der Waals surface area (Å²) in [5.74, 6) is 0.0513. The molecule has 1 aromatic heterocycles. The molecule has 0 aliphatic carbocycles. The summed E-state index contributed by atoms with van der Waals surface area (Å²) in [5.41, 5.74) is 0.691. The number of rotatable bonds is 4. The molecule has 0 aliphatic rings. The van der Waals surface area contributed by atoms with Crippen molar-refractivity contribution in [3.8, 4) is 0 Å². The second kappa shape index (κ2) is 6.87. The Bertz CT molecular complexity index is 576. The standard InChI is InChI=1S/C15H15Br2NOS/c1-10(2)18(9-14-4-3-5-20-14)15(19)11-6-12(16)8-13(17)7-11/h3-8,10H,9H2,1-2H3. The van der Waals surface area contributed by atoms with Crippen molar-refractivity contribution in [2.45, 2.75) is 26.4 Å². The minimum Gasteiger partial charge on any atom is -0.331 e. The van der Waals surface area contributed by atoms with Gasteiger partial charge in [0.05, 0.1) is 6.54 Å². The van der Waals surface area contributed by atoms with Gasteiger partial charge >= 0.3 is 0 Å². The Labute approximate surface area is 140 Å². The van der Waals surface area contributed by atoms with Gasteiger partial charge < -0.3 is 4.90 Å². The third kappa shape index (κ3) is 3.93. The highest BCUT2D eigenvalue weighted by Crippen LogP contribution is 2.23. The molecule has 0 unspecified atom stereocenters. The van der Waals surface area contributed by atoms with Gasteiger partial charge in [0.15, 0.2) is 0 Å². The van der Waals surface area contributed by atoms with E-state index >= 15 is 0 Å². The van der Waals surface area contributed by atoms with Gasteiger partial charge in [-0.25, -0.2) is 0 Å². The van der Waals surface area contributed by atoms with Crippen molar-refractivity contribution < 1.29 is 4.79 Å². The van der Waals surface area contributed by atoms with E-state index in [0.717, 1.165) is 8.95 Å². The molecule has 0 saturated carbocycles. The number of carbonyl (C=O) groups excluding carboxylic acids is 1. The van der Waals surface area contributed by atoms with Gasteiger partial charge in [0.25, 0.3) is 5.91 Å². The van der Waals surface area contributed by atoms with E-state index in [9.17, 15) is 4.79 Å². The number of carbonyl (C=O) groups is 1. The second-order valence-electron chi connectivity index (χ2n) is 4.76. The van der Waals surface area contributed by atoms with Crippen LogP contribution in [0.3, 0.4) is 0 Å². The first-order valence-corrected chi connectivity index (χ1v) is 8.73. The van der Waals surface area contributed by atoms with E-state index in [1.165, 1.54) is 4.88 Å². The van der Waals surface area contributed by atoms with E-state index in [2.05, 4.69) is 37.9 Å². The topological polar surface area (TPSA) is 20.3 Å². The highest BCUT2D eigenvalue weighted by molar-refractivity contribution is 9.11. The Balaban J connectivity index is 2.26. The fourth-order valence-electron chi connectivity index (χ4n) is 1.90. The SMILES string of the molecule is CC(C)N(Cc1cccs1)C(=O)c1cc(Br)cc(Br)c1. The lowest BCUT2D eigenvalue weighted by atomic mass is 10.1. The highest BCUT2D eigenvalue weighted by atomic mass is 79.9.